The molecule has 18 heavy (non-hydrogen) atoms. The molecule has 2 heteroatoms. The lowest BCUT2D eigenvalue weighted by Crippen LogP contribution is -2.31. The van der Waals surface area contributed by atoms with E-state index in [2.05, 4.69) is 47.4 Å². The quantitative estimate of drug-likeness (QED) is 0.529. The number of hydrogen-bond acceptors (Lipinski definition) is 1. The van der Waals surface area contributed by atoms with Gasteiger partial charge >= 0.3 is 0 Å². The standard InChI is InChI=1S/C14H25NO.C2H4/c1-8-15(13(7)16)9-14(11(4)5)12(6)10(2)3;1-2/h10H,6,8-9H2,1-5,7H3;1-2H2. The Balaban J connectivity index is 0. The zero-order chi connectivity index (χ0) is 14.9. The Morgan fingerprint density at radius 2 is 1.61 bits per heavy atom. The van der Waals surface area contributed by atoms with E-state index < -0.39 is 0 Å². The molecular weight excluding hydrogens is 222 g/mol. The largest absolute Gasteiger partial charge is 0.339 e. The number of nitrogens with zero attached hydrogens (tertiary/aromatic N) is 1. The lowest BCUT2D eigenvalue weighted by atomic mass is 9.93. The minimum absolute atomic E-state index is 0.123. The van der Waals surface area contributed by atoms with E-state index in [9.17, 15) is 4.79 Å². The van der Waals surface area contributed by atoms with Gasteiger partial charge in [-0.1, -0.05) is 26.0 Å². The highest BCUT2D eigenvalue weighted by Crippen LogP contribution is 2.21. The molecule has 0 aliphatic rings. The maximum atomic E-state index is 11.4. The van der Waals surface area contributed by atoms with Crippen molar-refractivity contribution in [2.45, 2.75) is 41.5 Å². The van der Waals surface area contributed by atoms with Gasteiger partial charge in [-0.15, -0.1) is 13.2 Å². The first-order chi connectivity index (χ1) is 8.31. The second-order valence-corrected chi connectivity index (χ2v) is 4.69. The van der Waals surface area contributed by atoms with Crippen LogP contribution in [-0.2, 0) is 4.79 Å². The Morgan fingerprint density at radius 3 is 1.83 bits per heavy atom. The molecule has 0 rings (SSSR count). The molecular formula is C16H29NO. The number of hydrogen-bond donors (Lipinski definition) is 0. The van der Waals surface area contributed by atoms with Crippen LogP contribution in [0.4, 0.5) is 0 Å². The molecule has 0 heterocycles. The Hall–Kier alpha value is -1.31. The van der Waals surface area contributed by atoms with E-state index in [4.69, 9.17) is 0 Å². The molecule has 0 bridgehead atoms. The number of allylic oxidation sites excluding steroid dienone is 1. The van der Waals surface area contributed by atoms with Crippen LogP contribution in [0.15, 0.2) is 36.5 Å². The molecule has 0 aliphatic heterocycles. The van der Waals surface area contributed by atoms with Gasteiger partial charge in [-0.05, 0) is 37.8 Å². The number of likely N-dealkylation sites (N-methyl/N-ethyl adjacent to an activating group) is 1. The third-order valence-electron chi connectivity index (χ3n) is 2.86. The van der Waals surface area contributed by atoms with Crippen molar-refractivity contribution in [2.75, 3.05) is 13.1 Å². The molecule has 0 aromatic heterocycles. The SMILES string of the molecule is C=C.C=C(C(CN(CC)C(C)=O)=C(C)C)C(C)C. The zero-order valence-electron chi connectivity index (χ0n) is 13.0. The van der Waals surface area contributed by atoms with E-state index >= 15 is 0 Å². The molecule has 0 atom stereocenters. The molecule has 0 radical (unpaired) electrons. The van der Waals surface area contributed by atoms with Gasteiger partial charge in [-0.2, -0.15) is 0 Å². The van der Waals surface area contributed by atoms with Crippen molar-refractivity contribution in [3.8, 4) is 0 Å². The average molecular weight is 251 g/mol. The van der Waals surface area contributed by atoms with Crippen LogP contribution in [0.1, 0.15) is 41.5 Å². The van der Waals surface area contributed by atoms with Crippen LogP contribution in [0.5, 0.6) is 0 Å². The summed E-state index contributed by atoms with van der Waals surface area (Å²) in [6, 6.07) is 0. The summed E-state index contributed by atoms with van der Waals surface area (Å²) in [5.74, 6) is 0.549. The topological polar surface area (TPSA) is 20.3 Å². The molecule has 1 amide bonds. The second kappa shape index (κ2) is 9.69. The fraction of sp³-hybridized carbons (Fsp3) is 0.562. The van der Waals surface area contributed by atoms with Crippen LogP contribution in [0, 0.1) is 5.92 Å². The van der Waals surface area contributed by atoms with Crippen LogP contribution in [0.2, 0.25) is 0 Å². The fourth-order valence-corrected chi connectivity index (χ4v) is 1.57. The minimum atomic E-state index is 0.123. The number of amides is 1. The average Bonchev–Trinajstić information content (AvgIpc) is 2.31. The van der Waals surface area contributed by atoms with Crippen molar-refractivity contribution in [3.05, 3.63) is 36.5 Å². The highest BCUT2D eigenvalue weighted by atomic mass is 16.2. The molecule has 0 N–H and O–H groups in total. The van der Waals surface area contributed by atoms with Crippen molar-refractivity contribution in [1.29, 1.82) is 0 Å². The Morgan fingerprint density at radius 1 is 1.17 bits per heavy atom. The molecule has 0 aromatic rings. The van der Waals surface area contributed by atoms with E-state index in [-0.39, 0.29) is 5.91 Å². The summed E-state index contributed by atoms with van der Waals surface area (Å²) in [5, 5.41) is 0. The summed E-state index contributed by atoms with van der Waals surface area (Å²) < 4.78 is 0. The first-order valence-corrected chi connectivity index (χ1v) is 6.42. The minimum Gasteiger partial charge on any atom is -0.339 e. The maximum Gasteiger partial charge on any atom is 0.219 e. The lowest BCUT2D eigenvalue weighted by molar-refractivity contribution is -0.128. The summed E-state index contributed by atoms with van der Waals surface area (Å²) in [6.07, 6.45) is 0. The molecule has 104 valence electrons. The Bertz CT molecular complexity index is 309. The monoisotopic (exact) mass is 251 g/mol. The van der Waals surface area contributed by atoms with Gasteiger partial charge in [0.25, 0.3) is 0 Å². The highest BCUT2D eigenvalue weighted by Gasteiger charge is 2.14. The highest BCUT2D eigenvalue weighted by molar-refractivity contribution is 5.73. The van der Waals surface area contributed by atoms with Crippen molar-refractivity contribution in [2.24, 2.45) is 5.92 Å². The van der Waals surface area contributed by atoms with Crippen molar-refractivity contribution in [1.82, 2.24) is 4.90 Å². The fourth-order valence-electron chi connectivity index (χ4n) is 1.57. The third kappa shape index (κ3) is 6.43. The van der Waals surface area contributed by atoms with E-state index in [0.29, 0.717) is 12.5 Å². The number of carbonyl (C=O) groups is 1. The normalized spacial score (nSPS) is 9.28. The zero-order valence-corrected chi connectivity index (χ0v) is 13.0. The van der Waals surface area contributed by atoms with E-state index in [1.165, 1.54) is 11.1 Å². The lowest BCUT2D eigenvalue weighted by Gasteiger charge is -2.24. The molecule has 2 nitrogen and oxygen atoms in total. The van der Waals surface area contributed by atoms with Crippen LogP contribution in [-0.4, -0.2) is 23.9 Å². The van der Waals surface area contributed by atoms with E-state index in [1.807, 2.05) is 11.8 Å². The van der Waals surface area contributed by atoms with Gasteiger partial charge in [0.05, 0.1) is 0 Å². The van der Waals surface area contributed by atoms with Gasteiger partial charge in [-0.3, -0.25) is 4.79 Å². The van der Waals surface area contributed by atoms with E-state index in [0.717, 1.165) is 12.1 Å². The molecule has 0 spiro atoms. The molecule has 0 fully saturated rings. The van der Waals surface area contributed by atoms with Gasteiger partial charge in [0.1, 0.15) is 0 Å². The molecule has 0 saturated heterocycles. The third-order valence-corrected chi connectivity index (χ3v) is 2.86. The molecule has 0 aliphatic carbocycles. The van der Waals surface area contributed by atoms with Gasteiger partial charge < -0.3 is 4.90 Å². The summed E-state index contributed by atoms with van der Waals surface area (Å²) in [6.45, 7) is 23.6. The van der Waals surface area contributed by atoms with Crippen molar-refractivity contribution < 1.29 is 4.79 Å². The Labute approximate surface area is 113 Å². The summed E-state index contributed by atoms with van der Waals surface area (Å²) in [4.78, 5) is 13.2. The predicted molar refractivity (Wildman–Crippen MR) is 81.5 cm³/mol. The van der Waals surface area contributed by atoms with E-state index in [1.54, 1.807) is 6.92 Å². The predicted octanol–water partition coefficient (Wildman–Crippen LogP) is 4.21. The van der Waals surface area contributed by atoms with Crippen molar-refractivity contribution in [3.63, 3.8) is 0 Å². The Kier molecular flexibility index (Phi) is 10.3. The summed E-state index contributed by atoms with van der Waals surface area (Å²) in [5.41, 5.74) is 3.60. The molecule has 0 unspecified atom stereocenters. The number of rotatable bonds is 5. The van der Waals surface area contributed by atoms with Gasteiger partial charge in [-0.25, -0.2) is 0 Å². The molecule has 0 saturated carbocycles. The maximum absolute atomic E-state index is 11.4. The molecule has 0 aromatic carbocycles. The van der Waals surface area contributed by atoms with Gasteiger partial charge in [0.2, 0.25) is 5.91 Å². The first-order valence-electron chi connectivity index (χ1n) is 6.42. The van der Waals surface area contributed by atoms with Crippen LogP contribution >= 0.6 is 0 Å². The van der Waals surface area contributed by atoms with Crippen LogP contribution in [0.25, 0.3) is 0 Å². The van der Waals surface area contributed by atoms with Crippen LogP contribution < -0.4 is 0 Å². The summed E-state index contributed by atoms with van der Waals surface area (Å²) in [7, 11) is 0. The number of carbonyl (C=O) groups excluding carboxylic acids is 1. The summed E-state index contributed by atoms with van der Waals surface area (Å²) >= 11 is 0. The van der Waals surface area contributed by atoms with Crippen LogP contribution in [0.3, 0.4) is 0 Å². The smallest absolute Gasteiger partial charge is 0.219 e. The first kappa shape index (κ1) is 19.0. The van der Waals surface area contributed by atoms with Gasteiger partial charge in [0.15, 0.2) is 0 Å². The van der Waals surface area contributed by atoms with Gasteiger partial charge in [0, 0.05) is 20.0 Å². The van der Waals surface area contributed by atoms with Crippen molar-refractivity contribution >= 4 is 5.91 Å². The second-order valence-electron chi connectivity index (χ2n) is 4.69.